The summed E-state index contributed by atoms with van der Waals surface area (Å²) in [6, 6.07) is 11.2. The standard InChI is InChI=1S/C26H26N2O6S/c1-6-34-20-12-16(10-11-19(20)33-5)22-21(23(29)25-14(2)27-15(3)35-25)24(30)26(31)28(22)17-8-7-9-18(13-17)32-4/h7-13,22,30H,6H2,1-5H3. The summed E-state index contributed by atoms with van der Waals surface area (Å²) in [5.74, 6) is -0.201. The first kappa shape index (κ1) is 24.3. The van der Waals surface area contributed by atoms with Crippen LogP contribution in [0, 0.1) is 13.8 Å². The first-order valence-electron chi connectivity index (χ1n) is 11.0. The highest BCUT2D eigenvalue weighted by molar-refractivity contribution is 7.14. The van der Waals surface area contributed by atoms with Crippen LogP contribution in [0.1, 0.15) is 38.9 Å². The number of ether oxygens (including phenoxy) is 3. The van der Waals surface area contributed by atoms with Crippen molar-refractivity contribution in [3.63, 3.8) is 0 Å². The minimum atomic E-state index is -0.908. The Morgan fingerprint density at radius 1 is 1.11 bits per heavy atom. The highest BCUT2D eigenvalue weighted by Gasteiger charge is 2.45. The summed E-state index contributed by atoms with van der Waals surface area (Å²) in [5.41, 5.74) is 1.59. The van der Waals surface area contributed by atoms with E-state index in [0.717, 1.165) is 5.01 Å². The normalized spacial score (nSPS) is 15.5. The Bertz CT molecular complexity index is 1330. The van der Waals surface area contributed by atoms with Gasteiger partial charge in [0, 0.05) is 11.8 Å². The van der Waals surface area contributed by atoms with Crippen LogP contribution in [-0.4, -0.2) is 42.6 Å². The van der Waals surface area contributed by atoms with Gasteiger partial charge in [0.2, 0.25) is 5.78 Å². The van der Waals surface area contributed by atoms with Crippen LogP contribution >= 0.6 is 11.3 Å². The van der Waals surface area contributed by atoms with Crippen LogP contribution in [0.25, 0.3) is 0 Å². The second kappa shape index (κ2) is 9.79. The number of ketones is 1. The molecule has 0 saturated carbocycles. The summed E-state index contributed by atoms with van der Waals surface area (Å²) in [7, 11) is 3.06. The van der Waals surface area contributed by atoms with Gasteiger partial charge in [-0.3, -0.25) is 14.5 Å². The third-order valence-electron chi connectivity index (χ3n) is 5.70. The molecule has 2 aromatic carbocycles. The van der Waals surface area contributed by atoms with E-state index >= 15 is 0 Å². The molecule has 0 bridgehead atoms. The average molecular weight is 495 g/mol. The summed E-state index contributed by atoms with van der Waals surface area (Å²) in [6.45, 7) is 5.79. The van der Waals surface area contributed by atoms with E-state index in [2.05, 4.69) is 4.98 Å². The molecule has 8 nitrogen and oxygen atoms in total. The van der Waals surface area contributed by atoms with E-state index in [1.54, 1.807) is 56.3 Å². The lowest BCUT2D eigenvalue weighted by molar-refractivity contribution is -0.117. The molecule has 0 radical (unpaired) electrons. The Balaban J connectivity index is 1.92. The molecule has 0 fully saturated rings. The Morgan fingerprint density at radius 3 is 2.51 bits per heavy atom. The molecule has 9 heteroatoms. The van der Waals surface area contributed by atoms with Gasteiger partial charge in [0.25, 0.3) is 5.91 Å². The van der Waals surface area contributed by atoms with Gasteiger partial charge in [-0.15, -0.1) is 11.3 Å². The van der Waals surface area contributed by atoms with Gasteiger partial charge in [-0.05, 0) is 50.6 Å². The second-order valence-corrected chi connectivity index (χ2v) is 9.06. The molecule has 3 aromatic rings. The number of Topliss-reactive ketones (excluding diaryl/α,β-unsaturated/α-hetero) is 1. The number of benzene rings is 2. The first-order valence-corrected chi connectivity index (χ1v) is 11.8. The molecular weight excluding hydrogens is 468 g/mol. The number of nitrogens with zero attached hydrogens (tertiary/aromatic N) is 2. The number of aromatic nitrogens is 1. The largest absolute Gasteiger partial charge is 0.503 e. The van der Waals surface area contributed by atoms with E-state index in [-0.39, 0.29) is 5.57 Å². The maximum absolute atomic E-state index is 13.7. The van der Waals surface area contributed by atoms with Gasteiger partial charge >= 0.3 is 0 Å². The third-order valence-corrected chi connectivity index (χ3v) is 6.77. The number of hydrogen-bond acceptors (Lipinski definition) is 8. The predicted molar refractivity (Wildman–Crippen MR) is 133 cm³/mol. The quantitative estimate of drug-likeness (QED) is 0.442. The smallest absolute Gasteiger partial charge is 0.294 e. The summed E-state index contributed by atoms with van der Waals surface area (Å²) in [4.78, 5) is 33.3. The number of methoxy groups -OCH3 is 2. The Hall–Kier alpha value is -3.85. The van der Waals surface area contributed by atoms with E-state index in [1.807, 2.05) is 6.92 Å². The highest BCUT2D eigenvalue weighted by Crippen LogP contribution is 2.45. The molecule has 1 atom stereocenters. The average Bonchev–Trinajstić information content (AvgIpc) is 3.33. The van der Waals surface area contributed by atoms with Crippen molar-refractivity contribution in [2.45, 2.75) is 26.8 Å². The molecule has 0 spiro atoms. The van der Waals surface area contributed by atoms with E-state index in [4.69, 9.17) is 14.2 Å². The monoisotopic (exact) mass is 494 g/mol. The number of amides is 1. The van der Waals surface area contributed by atoms with E-state index in [0.29, 0.717) is 45.7 Å². The maximum atomic E-state index is 13.7. The molecule has 35 heavy (non-hydrogen) atoms. The topological polar surface area (TPSA) is 98.2 Å². The minimum absolute atomic E-state index is 0.0165. The second-order valence-electron chi connectivity index (χ2n) is 7.86. The summed E-state index contributed by atoms with van der Waals surface area (Å²) in [5, 5.41) is 11.7. The minimum Gasteiger partial charge on any atom is -0.503 e. The first-order chi connectivity index (χ1) is 16.8. The fourth-order valence-electron chi connectivity index (χ4n) is 4.18. The van der Waals surface area contributed by atoms with Crippen molar-refractivity contribution in [2.24, 2.45) is 0 Å². The summed E-state index contributed by atoms with van der Waals surface area (Å²) >= 11 is 1.23. The molecule has 4 rings (SSSR count). The summed E-state index contributed by atoms with van der Waals surface area (Å²) in [6.07, 6.45) is 0. The van der Waals surface area contributed by atoms with Crippen molar-refractivity contribution < 1.29 is 28.9 Å². The third kappa shape index (κ3) is 4.35. The van der Waals surface area contributed by atoms with Gasteiger partial charge < -0.3 is 19.3 Å². The van der Waals surface area contributed by atoms with Crippen molar-refractivity contribution in [3.05, 3.63) is 74.9 Å². The molecule has 1 aromatic heterocycles. The zero-order valence-electron chi connectivity index (χ0n) is 20.1. The molecule has 1 aliphatic heterocycles. The van der Waals surface area contributed by atoms with Crippen LogP contribution in [0.15, 0.2) is 53.8 Å². The lowest BCUT2D eigenvalue weighted by atomic mass is 9.94. The van der Waals surface area contributed by atoms with Crippen molar-refractivity contribution in [2.75, 3.05) is 25.7 Å². The van der Waals surface area contributed by atoms with Gasteiger partial charge in [0.05, 0.1) is 48.0 Å². The Labute approximate surface area is 207 Å². The van der Waals surface area contributed by atoms with Gasteiger partial charge in [-0.25, -0.2) is 4.98 Å². The SMILES string of the molecule is CCOc1cc(C2C(C(=O)c3sc(C)nc3C)=C(O)C(=O)N2c2cccc(OC)c2)ccc1OC. The van der Waals surface area contributed by atoms with Gasteiger partial charge in [-0.2, -0.15) is 0 Å². The number of hydrogen-bond donors (Lipinski definition) is 1. The van der Waals surface area contributed by atoms with Crippen LogP contribution in [-0.2, 0) is 4.79 Å². The molecule has 1 aliphatic rings. The van der Waals surface area contributed by atoms with Crippen molar-refractivity contribution in [1.29, 1.82) is 0 Å². The molecular formula is C26H26N2O6S. The predicted octanol–water partition coefficient (Wildman–Crippen LogP) is 4.96. The number of aryl methyl sites for hydroxylation is 2. The van der Waals surface area contributed by atoms with E-state index in [9.17, 15) is 14.7 Å². The summed E-state index contributed by atoms with van der Waals surface area (Å²) < 4.78 is 16.5. The van der Waals surface area contributed by atoms with Crippen molar-refractivity contribution in [3.8, 4) is 17.2 Å². The van der Waals surface area contributed by atoms with E-state index in [1.165, 1.54) is 30.5 Å². The fourth-order valence-corrected chi connectivity index (χ4v) is 5.05. The van der Waals surface area contributed by atoms with Gasteiger partial charge in [-0.1, -0.05) is 12.1 Å². The number of thiazole rings is 1. The lowest BCUT2D eigenvalue weighted by Crippen LogP contribution is -2.31. The number of anilines is 1. The van der Waals surface area contributed by atoms with Gasteiger partial charge in [0.15, 0.2) is 17.3 Å². The zero-order chi connectivity index (χ0) is 25.3. The van der Waals surface area contributed by atoms with E-state index < -0.39 is 23.5 Å². The van der Waals surface area contributed by atoms with Crippen LogP contribution in [0.3, 0.4) is 0 Å². The Morgan fingerprint density at radius 2 is 1.89 bits per heavy atom. The molecule has 2 heterocycles. The number of rotatable bonds is 8. The van der Waals surface area contributed by atoms with Crippen LogP contribution in [0.2, 0.25) is 0 Å². The molecule has 1 unspecified atom stereocenters. The van der Waals surface area contributed by atoms with Crippen LogP contribution in [0.5, 0.6) is 17.2 Å². The number of carbonyl (C=O) groups excluding carboxylic acids is 2. The van der Waals surface area contributed by atoms with Gasteiger partial charge in [0.1, 0.15) is 5.75 Å². The van der Waals surface area contributed by atoms with Crippen molar-refractivity contribution in [1.82, 2.24) is 4.98 Å². The van der Waals surface area contributed by atoms with Crippen molar-refractivity contribution >= 4 is 28.7 Å². The number of carbonyl (C=O) groups is 2. The molecule has 0 aliphatic carbocycles. The molecule has 1 N–H and O–H groups in total. The maximum Gasteiger partial charge on any atom is 0.294 e. The highest BCUT2D eigenvalue weighted by atomic mass is 32.1. The molecule has 182 valence electrons. The zero-order valence-corrected chi connectivity index (χ0v) is 20.9. The fraction of sp³-hybridized carbons (Fsp3) is 0.269. The van der Waals surface area contributed by atoms with Crippen LogP contribution < -0.4 is 19.1 Å². The lowest BCUT2D eigenvalue weighted by Gasteiger charge is -2.27. The number of aliphatic hydroxyl groups is 1. The Kier molecular flexibility index (Phi) is 6.79. The number of aliphatic hydroxyl groups excluding tert-OH is 1. The molecule has 0 saturated heterocycles. The molecule has 1 amide bonds. The van der Waals surface area contributed by atoms with Crippen LogP contribution in [0.4, 0.5) is 5.69 Å².